The second-order valence-electron chi connectivity index (χ2n) is 6.26. The molecule has 0 radical (unpaired) electrons. The molecule has 1 aliphatic heterocycles. The van der Waals surface area contributed by atoms with Crippen LogP contribution >= 0.6 is 34.4 Å². The minimum atomic E-state index is -3.67. The van der Waals surface area contributed by atoms with E-state index in [0.717, 1.165) is 44.8 Å². The summed E-state index contributed by atoms with van der Waals surface area (Å²) >= 11 is 4.14. The van der Waals surface area contributed by atoms with Crippen molar-refractivity contribution in [2.45, 2.75) is 11.8 Å². The Morgan fingerprint density at radius 1 is 1.15 bits per heavy atom. The summed E-state index contributed by atoms with van der Waals surface area (Å²) in [5.41, 5.74) is 2.56. The van der Waals surface area contributed by atoms with Crippen molar-refractivity contribution in [2.24, 2.45) is 0 Å². The lowest BCUT2D eigenvalue weighted by Gasteiger charge is -2.28. The zero-order valence-corrected chi connectivity index (χ0v) is 18.0. The van der Waals surface area contributed by atoms with Crippen LogP contribution < -0.4 is 4.90 Å². The van der Waals surface area contributed by atoms with E-state index in [9.17, 15) is 8.42 Å². The van der Waals surface area contributed by atoms with Crippen LogP contribution in [0.5, 0.6) is 0 Å². The molecule has 3 aromatic rings. The van der Waals surface area contributed by atoms with Crippen LogP contribution in [0.15, 0.2) is 47.6 Å². The highest BCUT2D eigenvalue weighted by Crippen LogP contribution is 2.29. The van der Waals surface area contributed by atoms with Gasteiger partial charge in [-0.05, 0) is 47.7 Å². The average molecular weight is 499 g/mol. The summed E-state index contributed by atoms with van der Waals surface area (Å²) in [6.45, 7) is 3.93. The Hall–Kier alpha value is -1.26. The number of thioether (sulfide) groups is 1. The van der Waals surface area contributed by atoms with Crippen LogP contribution in [0.2, 0.25) is 0 Å². The summed E-state index contributed by atoms with van der Waals surface area (Å²) in [6, 6.07) is 8.96. The van der Waals surface area contributed by atoms with Gasteiger partial charge in [0.15, 0.2) is 5.65 Å². The first-order valence-corrected chi connectivity index (χ1v) is 12.0. The zero-order chi connectivity index (χ0) is 18.3. The molecular formula is C18H18IN3O2S2. The third-order valence-electron chi connectivity index (χ3n) is 4.50. The summed E-state index contributed by atoms with van der Waals surface area (Å²) in [4.78, 5) is 7.10. The van der Waals surface area contributed by atoms with Crippen molar-refractivity contribution in [1.82, 2.24) is 8.96 Å². The Morgan fingerprint density at radius 3 is 2.54 bits per heavy atom. The smallest absolute Gasteiger partial charge is 0.269 e. The molecule has 0 amide bonds. The monoisotopic (exact) mass is 499 g/mol. The lowest BCUT2D eigenvalue weighted by atomic mass is 10.2. The molecule has 0 N–H and O–H groups in total. The van der Waals surface area contributed by atoms with Crippen LogP contribution in [-0.2, 0) is 10.0 Å². The zero-order valence-electron chi connectivity index (χ0n) is 14.2. The Bertz CT molecular complexity index is 1060. The largest absolute Gasteiger partial charge is 0.369 e. The van der Waals surface area contributed by atoms with Crippen molar-refractivity contribution in [3.05, 3.63) is 51.9 Å². The predicted molar refractivity (Wildman–Crippen MR) is 116 cm³/mol. The number of nitrogens with zero attached hydrogens (tertiary/aromatic N) is 3. The topological polar surface area (TPSA) is 55.2 Å². The molecule has 0 bridgehead atoms. The summed E-state index contributed by atoms with van der Waals surface area (Å²) in [6.07, 6.45) is 3.44. The van der Waals surface area contributed by atoms with Gasteiger partial charge in [-0.25, -0.2) is 17.4 Å². The molecule has 1 fully saturated rings. The molecule has 5 nitrogen and oxygen atoms in total. The van der Waals surface area contributed by atoms with Crippen molar-refractivity contribution >= 4 is 61.1 Å². The van der Waals surface area contributed by atoms with Crippen molar-refractivity contribution in [3.8, 4) is 0 Å². The molecule has 136 valence electrons. The van der Waals surface area contributed by atoms with Crippen molar-refractivity contribution in [3.63, 3.8) is 0 Å². The van der Waals surface area contributed by atoms with Gasteiger partial charge in [0, 0.05) is 39.7 Å². The minimum absolute atomic E-state index is 0.273. The summed E-state index contributed by atoms with van der Waals surface area (Å²) in [5.74, 6) is 2.22. The molecule has 0 aliphatic carbocycles. The van der Waals surface area contributed by atoms with Crippen molar-refractivity contribution < 1.29 is 8.42 Å². The molecule has 8 heteroatoms. The molecule has 0 saturated carbocycles. The maximum atomic E-state index is 13.1. The molecular weight excluding hydrogens is 481 g/mol. The summed E-state index contributed by atoms with van der Waals surface area (Å²) in [7, 11) is -3.67. The van der Waals surface area contributed by atoms with E-state index in [0.29, 0.717) is 5.65 Å². The molecule has 0 atom stereocenters. The molecule has 0 unspecified atom stereocenters. The molecule has 26 heavy (non-hydrogen) atoms. The third-order valence-corrected chi connectivity index (χ3v) is 7.97. The number of aromatic nitrogens is 2. The van der Waals surface area contributed by atoms with Gasteiger partial charge in [-0.2, -0.15) is 11.8 Å². The van der Waals surface area contributed by atoms with Gasteiger partial charge in [0.1, 0.15) is 0 Å². The van der Waals surface area contributed by atoms with Crippen molar-refractivity contribution in [1.29, 1.82) is 0 Å². The average Bonchev–Trinajstić information content (AvgIpc) is 3.00. The number of rotatable bonds is 3. The molecule has 3 heterocycles. The van der Waals surface area contributed by atoms with Crippen LogP contribution in [0.4, 0.5) is 5.69 Å². The molecule has 4 rings (SSSR count). The lowest BCUT2D eigenvalue weighted by molar-refractivity contribution is 0.588. The number of halogens is 1. The highest BCUT2D eigenvalue weighted by Gasteiger charge is 2.22. The number of benzene rings is 1. The van der Waals surface area contributed by atoms with Crippen LogP contribution in [0, 0.1) is 10.5 Å². The molecule has 2 aromatic heterocycles. The fourth-order valence-electron chi connectivity index (χ4n) is 3.03. The maximum absolute atomic E-state index is 13.1. The maximum Gasteiger partial charge on any atom is 0.269 e. The first kappa shape index (κ1) is 18.1. The molecule has 1 aliphatic rings. The van der Waals surface area contributed by atoms with Crippen LogP contribution in [0.3, 0.4) is 0 Å². The van der Waals surface area contributed by atoms with Gasteiger partial charge in [-0.1, -0.05) is 17.7 Å². The number of anilines is 1. The second kappa shape index (κ2) is 7.05. The van der Waals surface area contributed by atoms with E-state index in [4.69, 9.17) is 0 Å². The number of aryl methyl sites for hydroxylation is 1. The quantitative estimate of drug-likeness (QED) is 0.514. The Balaban J connectivity index is 1.80. The highest BCUT2D eigenvalue weighted by molar-refractivity contribution is 14.1. The van der Waals surface area contributed by atoms with E-state index in [-0.39, 0.29) is 4.90 Å². The van der Waals surface area contributed by atoms with Crippen LogP contribution in [-0.4, -0.2) is 42.0 Å². The van der Waals surface area contributed by atoms with E-state index in [2.05, 4.69) is 38.5 Å². The Labute approximate surface area is 171 Å². The number of pyridine rings is 1. The standard InChI is InChI=1S/C18H18IN3O2S2/c1-13-2-4-15(5-3-13)26(23,24)22-12-17(19)16-10-14(11-20-18(16)22)21-6-8-25-9-7-21/h2-5,10-12H,6-9H2,1H3. The Kier molecular flexibility index (Phi) is 4.91. The summed E-state index contributed by atoms with van der Waals surface area (Å²) < 4.78 is 28.3. The fourth-order valence-corrected chi connectivity index (χ4v) is 6.13. The van der Waals surface area contributed by atoms with E-state index in [1.165, 1.54) is 3.97 Å². The fraction of sp³-hybridized carbons (Fsp3) is 0.278. The van der Waals surface area contributed by atoms with Crippen molar-refractivity contribution in [2.75, 3.05) is 29.5 Å². The Morgan fingerprint density at radius 2 is 1.85 bits per heavy atom. The normalized spacial score (nSPS) is 15.5. The molecule has 1 saturated heterocycles. The number of fused-ring (bicyclic) bond motifs is 1. The van der Waals surface area contributed by atoms with Gasteiger partial charge in [-0.15, -0.1) is 0 Å². The van der Waals surface area contributed by atoms with E-state index < -0.39 is 10.0 Å². The molecule has 0 spiro atoms. The van der Waals surface area contributed by atoms with Gasteiger partial charge in [-0.3, -0.25) is 0 Å². The second-order valence-corrected chi connectivity index (χ2v) is 10.5. The van der Waals surface area contributed by atoms with E-state index in [1.54, 1.807) is 24.5 Å². The van der Waals surface area contributed by atoms with E-state index >= 15 is 0 Å². The highest BCUT2D eigenvalue weighted by atomic mass is 127. The first-order chi connectivity index (χ1) is 12.5. The van der Waals surface area contributed by atoms with Gasteiger partial charge in [0.25, 0.3) is 10.0 Å². The first-order valence-electron chi connectivity index (χ1n) is 8.28. The number of hydrogen-bond acceptors (Lipinski definition) is 5. The minimum Gasteiger partial charge on any atom is -0.369 e. The third kappa shape index (κ3) is 3.22. The summed E-state index contributed by atoms with van der Waals surface area (Å²) in [5, 5.41) is 0.872. The van der Waals surface area contributed by atoms with Gasteiger partial charge >= 0.3 is 0 Å². The van der Waals surface area contributed by atoms with E-state index in [1.807, 2.05) is 30.8 Å². The van der Waals surface area contributed by atoms with Gasteiger partial charge < -0.3 is 4.90 Å². The van der Waals surface area contributed by atoms with Gasteiger partial charge in [0.2, 0.25) is 0 Å². The predicted octanol–water partition coefficient (Wildman–Crippen LogP) is 3.74. The number of hydrogen-bond donors (Lipinski definition) is 0. The van der Waals surface area contributed by atoms with Crippen LogP contribution in [0.1, 0.15) is 5.56 Å². The molecule has 1 aromatic carbocycles. The van der Waals surface area contributed by atoms with Gasteiger partial charge in [0.05, 0.1) is 16.8 Å². The SMILES string of the molecule is Cc1ccc(S(=O)(=O)n2cc(I)c3cc(N4CCSCC4)cnc32)cc1. The van der Waals surface area contributed by atoms with Crippen LogP contribution in [0.25, 0.3) is 11.0 Å². The lowest BCUT2D eigenvalue weighted by Crippen LogP contribution is -2.32.